The molecule has 4 rings (SSSR count). The van der Waals surface area contributed by atoms with Crippen molar-refractivity contribution >= 4 is 5.91 Å². The average Bonchev–Trinajstić information content (AvgIpc) is 3.26. The second kappa shape index (κ2) is 6.95. The summed E-state index contributed by atoms with van der Waals surface area (Å²) >= 11 is 0. The van der Waals surface area contributed by atoms with Gasteiger partial charge in [0.15, 0.2) is 11.9 Å². The molecular weight excluding hydrogens is 362 g/mol. The van der Waals surface area contributed by atoms with Gasteiger partial charge in [-0.15, -0.1) is 0 Å². The topological polar surface area (TPSA) is 123 Å². The maximum absolute atomic E-state index is 11.2. The van der Waals surface area contributed by atoms with Gasteiger partial charge in [0.2, 0.25) is 5.88 Å². The number of hydrogen-bond donors (Lipinski definition) is 1. The predicted octanol–water partition coefficient (Wildman–Crippen LogP) is 1.43. The zero-order valence-corrected chi connectivity index (χ0v) is 15.9. The number of rotatable bonds is 5. The first-order valence-corrected chi connectivity index (χ1v) is 9.00. The normalized spacial score (nSPS) is 14.0. The Kier molecular flexibility index (Phi) is 4.46. The van der Waals surface area contributed by atoms with E-state index >= 15 is 0 Å². The number of carbonyl (C=O) groups excluding carboxylic acids is 1. The third-order valence-electron chi connectivity index (χ3n) is 4.44. The summed E-state index contributed by atoms with van der Waals surface area (Å²) in [4.78, 5) is 24.6. The molecule has 10 nitrogen and oxygen atoms in total. The van der Waals surface area contributed by atoms with Gasteiger partial charge >= 0.3 is 0 Å². The zero-order valence-electron chi connectivity index (χ0n) is 15.9. The number of nitrogens with two attached hydrogens (primary N) is 1. The van der Waals surface area contributed by atoms with Crippen LogP contribution in [0.5, 0.6) is 11.6 Å². The maximum atomic E-state index is 11.2. The fourth-order valence-electron chi connectivity index (χ4n) is 2.98. The number of nitrogens with zero attached hydrogens (tertiary/aromatic N) is 6. The molecular formula is C18H21N7O3. The molecule has 0 fully saturated rings. The van der Waals surface area contributed by atoms with Gasteiger partial charge in [0, 0.05) is 24.5 Å². The summed E-state index contributed by atoms with van der Waals surface area (Å²) in [5.41, 5.74) is 6.71. The molecule has 0 spiro atoms. The third-order valence-corrected chi connectivity index (χ3v) is 4.44. The number of carbonyl (C=O) groups is 1. The van der Waals surface area contributed by atoms with Gasteiger partial charge in [0.25, 0.3) is 5.91 Å². The Hall–Kier alpha value is -3.43. The highest BCUT2D eigenvalue weighted by molar-refractivity contribution is 5.78. The van der Waals surface area contributed by atoms with Gasteiger partial charge in [-0.3, -0.25) is 4.79 Å². The minimum absolute atomic E-state index is 0.170. The van der Waals surface area contributed by atoms with Crippen molar-refractivity contribution in [3.05, 3.63) is 24.8 Å². The van der Waals surface area contributed by atoms with Crippen molar-refractivity contribution in [3.63, 3.8) is 0 Å². The quantitative estimate of drug-likeness (QED) is 0.707. The number of hydrogen-bond acceptors (Lipinski definition) is 7. The molecule has 0 radical (unpaired) electrons. The fraction of sp³-hybridized carbons (Fsp3) is 0.389. The van der Waals surface area contributed by atoms with Crippen LogP contribution in [0.3, 0.4) is 0 Å². The van der Waals surface area contributed by atoms with E-state index in [9.17, 15) is 4.79 Å². The van der Waals surface area contributed by atoms with Crippen LogP contribution >= 0.6 is 0 Å². The van der Waals surface area contributed by atoms with Crippen LogP contribution in [0, 0.1) is 0 Å². The summed E-state index contributed by atoms with van der Waals surface area (Å²) in [6.45, 7) is 6.74. The lowest BCUT2D eigenvalue weighted by atomic mass is 10.2. The van der Waals surface area contributed by atoms with Gasteiger partial charge in [-0.05, 0) is 20.8 Å². The number of ether oxygens (including phenoxy) is 2. The Labute approximate surface area is 161 Å². The van der Waals surface area contributed by atoms with Gasteiger partial charge in [-0.2, -0.15) is 5.10 Å². The molecule has 3 aromatic rings. The Morgan fingerprint density at radius 3 is 2.86 bits per heavy atom. The van der Waals surface area contributed by atoms with E-state index in [0.717, 1.165) is 17.1 Å². The van der Waals surface area contributed by atoms with Crippen LogP contribution in [0.1, 0.15) is 26.8 Å². The van der Waals surface area contributed by atoms with E-state index < -0.39 is 12.0 Å². The first-order valence-electron chi connectivity index (χ1n) is 9.00. The van der Waals surface area contributed by atoms with Gasteiger partial charge in [-0.25, -0.2) is 19.6 Å². The highest BCUT2D eigenvalue weighted by atomic mass is 16.5. The maximum Gasteiger partial charge on any atom is 0.258 e. The van der Waals surface area contributed by atoms with E-state index in [4.69, 9.17) is 20.2 Å². The van der Waals surface area contributed by atoms with E-state index in [1.54, 1.807) is 19.2 Å². The van der Waals surface area contributed by atoms with Crippen LogP contribution in [0.25, 0.3) is 22.9 Å². The Balaban J connectivity index is 1.72. The molecule has 0 aliphatic carbocycles. The summed E-state index contributed by atoms with van der Waals surface area (Å²) in [5.74, 6) is 1.73. The third kappa shape index (κ3) is 3.17. The van der Waals surface area contributed by atoms with Crippen LogP contribution < -0.4 is 15.2 Å². The molecule has 1 atom stereocenters. The first kappa shape index (κ1) is 18.0. The van der Waals surface area contributed by atoms with Crippen molar-refractivity contribution in [1.82, 2.24) is 29.3 Å². The van der Waals surface area contributed by atoms with E-state index in [2.05, 4.69) is 15.1 Å². The smallest absolute Gasteiger partial charge is 0.258 e. The number of amides is 1. The van der Waals surface area contributed by atoms with Gasteiger partial charge in [-0.1, -0.05) is 0 Å². The fourth-order valence-corrected chi connectivity index (χ4v) is 2.98. The molecule has 2 N–H and O–H groups in total. The second-order valence-corrected chi connectivity index (χ2v) is 6.79. The highest BCUT2D eigenvalue weighted by Gasteiger charge is 2.23. The first-order chi connectivity index (χ1) is 13.4. The van der Waals surface area contributed by atoms with Crippen molar-refractivity contribution in [2.45, 2.75) is 39.5 Å². The zero-order chi connectivity index (χ0) is 19.8. The molecule has 3 aromatic heterocycles. The van der Waals surface area contributed by atoms with E-state index in [1.807, 2.05) is 29.3 Å². The largest absolute Gasteiger partial charge is 0.491 e. The monoisotopic (exact) mass is 383 g/mol. The molecule has 1 aliphatic rings. The molecule has 1 aliphatic heterocycles. The predicted molar refractivity (Wildman–Crippen MR) is 99.6 cm³/mol. The van der Waals surface area contributed by atoms with Crippen LogP contribution in [0.4, 0.5) is 0 Å². The van der Waals surface area contributed by atoms with E-state index in [0.29, 0.717) is 24.7 Å². The Bertz CT molecular complexity index is 1020. The number of primary amides is 1. The van der Waals surface area contributed by atoms with Gasteiger partial charge in [0.05, 0.1) is 12.1 Å². The van der Waals surface area contributed by atoms with Crippen LogP contribution in [0.15, 0.2) is 24.8 Å². The highest BCUT2D eigenvalue weighted by Crippen LogP contribution is 2.35. The summed E-state index contributed by atoms with van der Waals surface area (Å²) in [6, 6.07) is 1.82. The van der Waals surface area contributed by atoms with Crippen molar-refractivity contribution in [2.24, 2.45) is 5.73 Å². The summed E-state index contributed by atoms with van der Waals surface area (Å²) < 4.78 is 15.1. The lowest BCUT2D eigenvalue weighted by Gasteiger charge is -2.12. The van der Waals surface area contributed by atoms with Crippen molar-refractivity contribution in [3.8, 4) is 34.5 Å². The molecule has 10 heteroatoms. The van der Waals surface area contributed by atoms with E-state index in [1.165, 1.54) is 6.33 Å². The molecule has 28 heavy (non-hydrogen) atoms. The lowest BCUT2D eigenvalue weighted by molar-refractivity contribution is -0.124. The number of pyridine rings is 1. The molecule has 0 bridgehead atoms. The molecule has 0 saturated heterocycles. The van der Waals surface area contributed by atoms with Gasteiger partial charge < -0.3 is 19.8 Å². The van der Waals surface area contributed by atoms with Crippen LogP contribution in [0.2, 0.25) is 0 Å². The second-order valence-electron chi connectivity index (χ2n) is 6.79. The number of imidazole rings is 1. The average molecular weight is 383 g/mol. The molecule has 1 amide bonds. The van der Waals surface area contributed by atoms with Crippen LogP contribution in [-0.4, -0.2) is 47.9 Å². The molecule has 4 heterocycles. The van der Waals surface area contributed by atoms with Crippen molar-refractivity contribution in [1.29, 1.82) is 0 Å². The van der Waals surface area contributed by atoms with Crippen molar-refractivity contribution < 1.29 is 14.3 Å². The number of fused-ring (bicyclic) bond motifs is 3. The summed E-state index contributed by atoms with van der Waals surface area (Å²) in [6.07, 6.45) is 4.31. The number of aromatic nitrogens is 6. The summed E-state index contributed by atoms with van der Waals surface area (Å²) in [5, 5.41) is 4.28. The Morgan fingerprint density at radius 1 is 1.29 bits per heavy atom. The minimum atomic E-state index is -0.785. The SMILES string of the molecule is CC(Oc1cc2c(cn1)-c1nc(-c3ncnn3C(C)C)cn1CCO2)C(N)=O. The molecule has 1 unspecified atom stereocenters. The Morgan fingerprint density at radius 2 is 2.11 bits per heavy atom. The van der Waals surface area contributed by atoms with E-state index in [-0.39, 0.29) is 11.9 Å². The molecule has 0 saturated carbocycles. The molecule has 0 aromatic carbocycles. The lowest BCUT2D eigenvalue weighted by Crippen LogP contribution is -2.30. The van der Waals surface area contributed by atoms with Gasteiger partial charge in [0.1, 0.15) is 30.2 Å². The van der Waals surface area contributed by atoms with Crippen LogP contribution in [-0.2, 0) is 11.3 Å². The standard InChI is InChI=1S/C18H21N7O3/c1-10(2)25-18(21-9-22-25)13-8-24-4-5-27-14-6-15(28-11(3)16(19)26)20-7-12(14)17(24)23-13/h6-11H,4-5H2,1-3H3,(H2,19,26). The summed E-state index contributed by atoms with van der Waals surface area (Å²) in [7, 11) is 0. The minimum Gasteiger partial charge on any atom is -0.491 e. The molecule has 146 valence electrons. The van der Waals surface area contributed by atoms with Crippen molar-refractivity contribution in [2.75, 3.05) is 6.61 Å².